The second-order valence-electron chi connectivity index (χ2n) is 5.90. The predicted octanol–water partition coefficient (Wildman–Crippen LogP) is 1.64. The van der Waals surface area contributed by atoms with Crippen LogP contribution in [0.2, 0.25) is 0 Å². The number of likely N-dealkylation sites (tertiary alicyclic amines) is 1. The maximum absolute atomic E-state index is 12.0. The van der Waals surface area contributed by atoms with Gasteiger partial charge in [0.1, 0.15) is 16.8 Å². The molecule has 1 saturated heterocycles. The van der Waals surface area contributed by atoms with Gasteiger partial charge in [-0.1, -0.05) is 0 Å². The highest BCUT2D eigenvalue weighted by Gasteiger charge is 2.51. The van der Waals surface area contributed by atoms with Crippen molar-refractivity contribution in [2.45, 2.75) is 38.2 Å². The fourth-order valence-corrected chi connectivity index (χ4v) is 2.23. The molecule has 1 amide bonds. The highest BCUT2D eigenvalue weighted by molar-refractivity contribution is 5.83. The van der Waals surface area contributed by atoms with Gasteiger partial charge in [-0.05, 0) is 27.2 Å². The van der Waals surface area contributed by atoms with Crippen LogP contribution in [0.4, 0.5) is 4.79 Å². The van der Waals surface area contributed by atoms with Crippen molar-refractivity contribution in [1.82, 2.24) is 9.88 Å². The molecule has 0 aliphatic carbocycles. The number of hydrogen-bond acceptors (Lipinski definition) is 5. The van der Waals surface area contributed by atoms with Crippen molar-refractivity contribution in [3.63, 3.8) is 0 Å². The van der Waals surface area contributed by atoms with Crippen molar-refractivity contribution in [2.24, 2.45) is 0 Å². The lowest BCUT2D eigenvalue weighted by molar-refractivity contribution is -0.144. The average Bonchev–Trinajstić information content (AvgIpc) is 2.97. The lowest BCUT2D eigenvalue weighted by Gasteiger charge is -2.25. The van der Waals surface area contributed by atoms with Gasteiger partial charge < -0.3 is 19.2 Å². The lowest BCUT2D eigenvalue weighted by Crippen LogP contribution is -2.41. The third-order valence-corrected chi connectivity index (χ3v) is 3.23. The number of hydrogen-bond donors (Lipinski definition) is 1. The second kappa shape index (κ2) is 4.81. The molecular weight excluding hydrogens is 264 g/mol. The molecule has 2 rings (SSSR count). The molecule has 1 aliphatic rings. The molecule has 20 heavy (non-hydrogen) atoms. The molecule has 1 aromatic rings. The summed E-state index contributed by atoms with van der Waals surface area (Å²) in [5, 5.41) is 9.50. The summed E-state index contributed by atoms with van der Waals surface area (Å²) in [5.74, 6) is -0.767. The lowest BCUT2D eigenvalue weighted by atomic mass is 9.85. The zero-order valence-electron chi connectivity index (χ0n) is 11.8. The molecule has 1 fully saturated rings. The van der Waals surface area contributed by atoms with Crippen LogP contribution in [-0.4, -0.2) is 45.7 Å². The molecule has 0 spiro atoms. The molecule has 1 aromatic heterocycles. The van der Waals surface area contributed by atoms with Gasteiger partial charge in [-0.15, -0.1) is 0 Å². The van der Waals surface area contributed by atoms with Gasteiger partial charge in [-0.3, -0.25) is 4.79 Å². The monoisotopic (exact) mass is 282 g/mol. The number of ether oxygens (including phenoxy) is 1. The normalized spacial score (nSPS) is 22.9. The van der Waals surface area contributed by atoms with Crippen molar-refractivity contribution in [3.8, 4) is 0 Å². The Kier molecular flexibility index (Phi) is 3.45. The topological polar surface area (TPSA) is 92.9 Å². The highest BCUT2D eigenvalue weighted by Crippen LogP contribution is 2.35. The maximum Gasteiger partial charge on any atom is 0.410 e. The van der Waals surface area contributed by atoms with E-state index in [0.717, 1.165) is 0 Å². The van der Waals surface area contributed by atoms with Gasteiger partial charge in [0.15, 0.2) is 6.39 Å². The van der Waals surface area contributed by atoms with Crippen LogP contribution in [0.3, 0.4) is 0 Å². The Morgan fingerprint density at radius 2 is 2.20 bits per heavy atom. The summed E-state index contributed by atoms with van der Waals surface area (Å²) < 4.78 is 10.4. The third kappa shape index (κ3) is 2.61. The van der Waals surface area contributed by atoms with Crippen LogP contribution in [0.5, 0.6) is 0 Å². The molecule has 1 unspecified atom stereocenters. The van der Waals surface area contributed by atoms with Crippen molar-refractivity contribution >= 4 is 12.1 Å². The summed E-state index contributed by atoms with van der Waals surface area (Å²) in [4.78, 5) is 28.8. The van der Waals surface area contributed by atoms with Crippen LogP contribution < -0.4 is 0 Å². The molecule has 1 atom stereocenters. The first-order valence-electron chi connectivity index (χ1n) is 6.35. The van der Waals surface area contributed by atoms with Crippen LogP contribution in [0, 0.1) is 0 Å². The third-order valence-electron chi connectivity index (χ3n) is 3.23. The summed E-state index contributed by atoms with van der Waals surface area (Å²) in [5.41, 5.74) is -1.86. The SMILES string of the molecule is CC(C)(C)OC(=O)N1CCC(C(=O)O)(c2cnco2)C1. The maximum atomic E-state index is 12.0. The first-order chi connectivity index (χ1) is 9.24. The Balaban J connectivity index is 2.17. The zero-order chi connectivity index (χ0) is 15.0. The van der Waals surface area contributed by atoms with Crippen molar-refractivity contribution in [1.29, 1.82) is 0 Å². The first kappa shape index (κ1) is 14.4. The van der Waals surface area contributed by atoms with Crippen LogP contribution in [0.1, 0.15) is 33.0 Å². The van der Waals surface area contributed by atoms with E-state index in [0.29, 0.717) is 6.54 Å². The summed E-state index contributed by atoms with van der Waals surface area (Å²) in [6.07, 6.45) is 2.33. The number of nitrogens with zero attached hydrogens (tertiary/aromatic N) is 2. The molecule has 2 heterocycles. The van der Waals surface area contributed by atoms with Gasteiger partial charge in [0.05, 0.1) is 6.20 Å². The molecule has 0 aromatic carbocycles. The summed E-state index contributed by atoms with van der Waals surface area (Å²) >= 11 is 0. The van der Waals surface area contributed by atoms with E-state index in [2.05, 4.69) is 4.98 Å². The van der Waals surface area contributed by atoms with Gasteiger partial charge in [-0.25, -0.2) is 9.78 Å². The van der Waals surface area contributed by atoms with Crippen LogP contribution >= 0.6 is 0 Å². The number of carboxylic acid groups (broad SMARTS) is 1. The van der Waals surface area contributed by atoms with Gasteiger partial charge in [0.2, 0.25) is 0 Å². The molecule has 0 saturated carbocycles. The van der Waals surface area contributed by atoms with Crippen LogP contribution in [0.25, 0.3) is 0 Å². The fourth-order valence-electron chi connectivity index (χ4n) is 2.23. The number of aliphatic carboxylic acids is 1. The number of rotatable bonds is 2. The van der Waals surface area contributed by atoms with Gasteiger partial charge in [-0.2, -0.15) is 0 Å². The number of amides is 1. The fraction of sp³-hybridized carbons (Fsp3) is 0.615. The minimum Gasteiger partial charge on any atom is -0.480 e. The Hall–Kier alpha value is -2.05. The molecule has 0 bridgehead atoms. The first-order valence-corrected chi connectivity index (χ1v) is 6.35. The largest absolute Gasteiger partial charge is 0.480 e. The molecule has 110 valence electrons. The predicted molar refractivity (Wildman–Crippen MR) is 68.2 cm³/mol. The van der Waals surface area contributed by atoms with Crippen molar-refractivity contribution in [2.75, 3.05) is 13.1 Å². The Labute approximate surface area is 116 Å². The van der Waals surface area contributed by atoms with Crippen LogP contribution in [-0.2, 0) is 14.9 Å². The summed E-state index contributed by atoms with van der Waals surface area (Å²) in [6, 6.07) is 0. The van der Waals surface area contributed by atoms with E-state index >= 15 is 0 Å². The number of carbonyl (C=O) groups is 2. The molecule has 0 radical (unpaired) electrons. The van der Waals surface area contributed by atoms with E-state index in [9.17, 15) is 14.7 Å². The average molecular weight is 282 g/mol. The van der Waals surface area contributed by atoms with E-state index < -0.39 is 23.1 Å². The smallest absolute Gasteiger partial charge is 0.410 e. The molecule has 7 heteroatoms. The molecule has 1 N–H and O–H groups in total. The molecular formula is C13H18N2O5. The standard InChI is InChI=1S/C13H18N2O5/c1-12(2,3)20-11(18)15-5-4-13(7-15,10(16)17)9-6-14-8-19-9/h6,8H,4-5,7H2,1-3H3,(H,16,17). The van der Waals surface area contributed by atoms with Gasteiger partial charge >= 0.3 is 12.1 Å². The van der Waals surface area contributed by atoms with Crippen LogP contribution in [0.15, 0.2) is 17.0 Å². The van der Waals surface area contributed by atoms with Crippen molar-refractivity contribution < 1.29 is 23.8 Å². The zero-order valence-corrected chi connectivity index (χ0v) is 11.8. The van der Waals surface area contributed by atoms with E-state index in [4.69, 9.17) is 9.15 Å². The number of carboxylic acids is 1. The van der Waals surface area contributed by atoms with E-state index in [-0.39, 0.29) is 18.7 Å². The van der Waals surface area contributed by atoms with Crippen molar-refractivity contribution in [3.05, 3.63) is 18.4 Å². The van der Waals surface area contributed by atoms with Gasteiger partial charge in [0.25, 0.3) is 0 Å². The number of aromatic nitrogens is 1. The molecule has 7 nitrogen and oxygen atoms in total. The quantitative estimate of drug-likeness (QED) is 0.886. The summed E-state index contributed by atoms with van der Waals surface area (Å²) in [6.45, 7) is 5.62. The molecule has 1 aliphatic heterocycles. The Morgan fingerprint density at radius 3 is 2.70 bits per heavy atom. The minimum absolute atomic E-state index is 0.0203. The van der Waals surface area contributed by atoms with E-state index in [1.54, 1.807) is 20.8 Å². The number of oxazole rings is 1. The van der Waals surface area contributed by atoms with E-state index in [1.165, 1.54) is 17.5 Å². The Bertz CT molecular complexity index is 505. The van der Waals surface area contributed by atoms with E-state index in [1.807, 2.05) is 0 Å². The number of carbonyl (C=O) groups excluding carboxylic acids is 1. The van der Waals surface area contributed by atoms with Gasteiger partial charge in [0, 0.05) is 13.1 Å². The highest BCUT2D eigenvalue weighted by atomic mass is 16.6. The Morgan fingerprint density at radius 1 is 1.50 bits per heavy atom. The summed E-state index contributed by atoms with van der Waals surface area (Å²) in [7, 11) is 0. The minimum atomic E-state index is -1.24. The second-order valence-corrected chi connectivity index (χ2v) is 5.90.